The summed E-state index contributed by atoms with van der Waals surface area (Å²) < 4.78 is 5.76. The number of nitrogens with zero attached hydrogens (tertiary/aromatic N) is 3. The lowest BCUT2D eigenvalue weighted by atomic mass is 10.1. The molecule has 1 aliphatic rings. The Balaban J connectivity index is 1.42. The van der Waals surface area contributed by atoms with Gasteiger partial charge >= 0.3 is 0 Å². The van der Waals surface area contributed by atoms with E-state index in [9.17, 15) is 5.11 Å². The molecule has 1 aliphatic heterocycles. The Labute approximate surface area is 147 Å². The molecule has 5 nitrogen and oxygen atoms in total. The molecule has 0 radical (unpaired) electrons. The molecule has 1 fully saturated rings. The molecule has 1 N–H and O–H groups in total. The molecule has 1 aromatic carbocycles. The van der Waals surface area contributed by atoms with Gasteiger partial charge in [0.25, 0.3) is 0 Å². The van der Waals surface area contributed by atoms with E-state index >= 15 is 0 Å². The van der Waals surface area contributed by atoms with Gasteiger partial charge in [-0.2, -0.15) is 0 Å². The van der Waals surface area contributed by atoms with E-state index in [-0.39, 0.29) is 0 Å². The lowest BCUT2D eigenvalue weighted by molar-refractivity contribution is 0.0662. The van der Waals surface area contributed by atoms with Crippen molar-refractivity contribution in [2.75, 3.05) is 44.2 Å². The first-order valence-electron chi connectivity index (χ1n) is 8.36. The van der Waals surface area contributed by atoms with Crippen LogP contribution in [-0.4, -0.2) is 60.4 Å². The molecular weight excluding hydrogens is 322 g/mol. The molecular formula is C18H25N3O2S. The highest BCUT2D eigenvalue weighted by Gasteiger charge is 2.20. The first kappa shape index (κ1) is 17.2. The number of piperazine rings is 1. The van der Waals surface area contributed by atoms with Crippen LogP contribution < -0.4 is 9.64 Å². The number of rotatable bonds is 6. The first-order chi connectivity index (χ1) is 11.6. The van der Waals surface area contributed by atoms with E-state index in [0.717, 1.165) is 37.1 Å². The highest BCUT2D eigenvalue weighted by atomic mass is 32.1. The zero-order valence-corrected chi connectivity index (χ0v) is 15.1. The van der Waals surface area contributed by atoms with Crippen LogP contribution in [0.5, 0.6) is 5.75 Å². The highest BCUT2D eigenvalue weighted by molar-refractivity contribution is 7.13. The molecule has 1 atom stereocenters. The molecule has 0 spiro atoms. The largest absolute Gasteiger partial charge is 0.491 e. The average Bonchev–Trinajstić information content (AvgIpc) is 3.07. The van der Waals surface area contributed by atoms with Crippen LogP contribution in [0.15, 0.2) is 29.8 Å². The van der Waals surface area contributed by atoms with Crippen molar-refractivity contribution in [2.24, 2.45) is 0 Å². The number of hydrogen-bond donors (Lipinski definition) is 1. The number of aliphatic hydroxyl groups is 1. The van der Waals surface area contributed by atoms with Crippen molar-refractivity contribution in [3.8, 4) is 5.75 Å². The molecule has 2 heterocycles. The van der Waals surface area contributed by atoms with Crippen molar-refractivity contribution in [2.45, 2.75) is 20.0 Å². The predicted molar refractivity (Wildman–Crippen MR) is 98.2 cm³/mol. The maximum absolute atomic E-state index is 10.3. The van der Waals surface area contributed by atoms with Crippen molar-refractivity contribution in [1.82, 2.24) is 9.88 Å². The van der Waals surface area contributed by atoms with Crippen LogP contribution in [0.25, 0.3) is 0 Å². The van der Waals surface area contributed by atoms with Gasteiger partial charge in [-0.1, -0.05) is 6.07 Å². The Morgan fingerprint density at radius 3 is 2.50 bits per heavy atom. The summed E-state index contributed by atoms with van der Waals surface area (Å²) in [5, 5.41) is 13.4. The Bertz CT molecular complexity index is 619. The minimum atomic E-state index is -0.475. The summed E-state index contributed by atoms with van der Waals surface area (Å²) in [5.41, 5.74) is 2.36. The predicted octanol–water partition coefficient (Wildman–Crippen LogP) is 2.32. The third-order valence-electron chi connectivity index (χ3n) is 4.17. The molecule has 1 saturated heterocycles. The summed E-state index contributed by atoms with van der Waals surface area (Å²) in [7, 11) is 0. The second kappa shape index (κ2) is 7.96. The SMILES string of the molecule is Cc1cc(C)cc(OC[C@H](O)CN2CCN(c3nccs3)CC2)c1. The van der Waals surface area contributed by atoms with E-state index in [4.69, 9.17) is 4.74 Å². The van der Waals surface area contributed by atoms with E-state index in [2.05, 4.69) is 34.7 Å². The van der Waals surface area contributed by atoms with Crippen LogP contribution >= 0.6 is 11.3 Å². The molecule has 3 rings (SSSR count). The van der Waals surface area contributed by atoms with Gasteiger partial charge in [0.05, 0.1) is 0 Å². The van der Waals surface area contributed by atoms with Gasteiger partial charge in [0, 0.05) is 44.3 Å². The van der Waals surface area contributed by atoms with Gasteiger partial charge in [0.2, 0.25) is 0 Å². The lowest BCUT2D eigenvalue weighted by Crippen LogP contribution is -2.49. The fraction of sp³-hybridized carbons (Fsp3) is 0.500. The average molecular weight is 347 g/mol. The van der Waals surface area contributed by atoms with Crippen LogP contribution in [-0.2, 0) is 0 Å². The zero-order valence-electron chi connectivity index (χ0n) is 14.3. The normalized spacial score (nSPS) is 17.0. The Kier molecular flexibility index (Phi) is 5.71. The van der Waals surface area contributed by atoms with Crippen molar-refractivity contribution in [1.29, 1.82) is 0 Å². The summed E-state index contributed by atoms with van der Waals surface area (Å²) in [4.78, 5) is 8.96. The van der Waals surface area contributed by atoms with Gasteiger partial charge in [-0.15, -0.1) is 11.3 Å². The number of anilines is 1. The van der Waals surface area contributed by atoms with E-state index < -0.39 is 6.10 Å². The molecule has 0 aliphatic carbocycles. The quantitative estimate of drug-likeness (QED) is 0.869. The maximum atomic E-state index is 10.3. The minimum Gasteiger partial charge on any atom is -0.491 e. The third-order valence-corrected chi connectivity index (χ3v) is 5.00. The van der Waals surface area contributed by atoms with Gasteiger partial charge < -0.3 is 14.7 Å². The van der Waals surface area contributed by atoms with Crippen LogP contribution in [0.4, 0.5) is 5.13 Å². The third kappa shape index (κ3) is 4.69. The van der Waals surface area contributed by atoms with E-state index in [0.29, 0.717) is 13.2 Å². The second-order valence-electron chi connectivity index (χ2n) is 6.39. The number of aliphatic hydroxyl groups excluding tert-OH is 1. The molecule has 0 amide bonds. The summed E-state index contributed by atoms with van der Waals surface area (Å²) >= 11 is 1.68. The maximum Gasteiger partial charge on any atom is 0.185 e. The van der Waals surface area contributed by atoms with E-state index in [1.54, 1.807) is 11.3 Å². The Hall–Kier alpha value is -1.63. The first-order valence-corrected chi connectivity index (χ1v) is 9.24. The number of β-amino-alcohol motifs (C(OH)–C–C–N with tert-alkyl or cyclic N) is 1. The number of aromatic nitrogens is 1. The van der Waals surface area contributed by atoms with Gasteiger partial charge in [-0.3, -0.25) is 4.90 Å². The topological polar surface area (TPSA) is 48.8 Å². The zero-order chi connectivity index (χ0) is 16.9. The summed E-state index contributed by atoms with van der Waals surface area (Å²) in [6.45, 7) is 8.89. The van der Waals surface area contributed by atoms with Crippen LogP contribution in [0.2, 0.25) is 0 Å². The fourth-order valence-corrected chi connectivity index (χ4v) is 3.75. The molecule has 24 heavy (non-hydrogen) atoms. The van der Waals surface area contributed by atoms with Crippen LogP contribution in [0.3, 0.4) is 0 Å². The van der Waals surface area contributed by atoms with Gasteiger partial charge in [-0.25, -0.2) is 4.98 Å². The Morgan fingerprint density at radius 1 is 1.17 bits per heavy atom. The number of benzene rings is 1. The summed E-state index contributed by atoms with van der Waals surface area (Å²) in [6.07, 6.45) is 1.37. The van der Waals surface area contributed by atoms with Gasteiger partial charge in [0.1, 0.15) is 18.5 Å². The molecule has 0 bridgehead atoms. The molecule has 6 heteroatoms. The van der Waals surface area contributed by atoms with Crippen LogP contribution in [0.1, 0.15) is 11.1 Å². The summed E-state index contributed by atoms with van der Waals surface area (Å²) in [6, 6.07) is 6.13. The number of thiazole rings is 1. The number of ether oxygens (including phenoxy) is 1. The van der Waals surface area contributed by atoms with Crippen molar-refractivity contribution < 1.29 is 9.84 Å². The lowest BCUT2D eigenvalue weighted by Gasteiger charge is -2.35. The van der Waals surface area contributed by atoms with Crippen LogP contribution in [0, 0.1) is 13.8 Å². The van der Waals surface area contributed by atoms with Crippen molar-refractivity contribution >= 4 is 16.5 Å². The van der Waals surface area contributed by atoms with E-state index in [1.807, 2.05) is 23.7 Å². The molecule has 0 unspecified atom stereocenters. The highest BCUT2D eigenvalue weighted by Crippen LogP contribution is 2.19. The van der Waals surface area contributed by atoms with Gasteiger partial charge in [0.15, 0.2) is 5.13 Å². The summed E-state index contributed by atoms with van der Waals surface area (Å²) in [5.74, 6) is 0.833. The molecule has 2 aromatic rings. The number of aryl methyl sites for hydroxylation is 2. The minimum absolute atomic E-state index is 0.329. The molecule has 1 aromatic heterocycles. The number of hydrogen-bond acceptors (Lipinski definition) is 6. The molecule has 0 saturated carbocycles. The van der Waals surface area contributed by atoms with Gasteiger partial charge in [-0.05, 0) is 37.1 Å². The standard InChI is InChI=1S/C18H25N3O2S/c1-14-9-15(2)11-17(10-14)23-13-16(22)12-20-4-6-21(7-5-20)18-19-3-8-24-18/h3,8-11,16,22H,4-7,12-13H2,1-2H3/t16-/m1/s1. The van der Waals surface area contributed by atoms with Crippen molar-refractivity contribution in [3.63, 3.8) is 0 Å². The van der Waals surface area contributed by atoms with Crippen molar-refractivity contribution in [3.05, 3.63) is 40.9 Å². The monoisotopic (exact) mass is 347 g/mol. The smallest absolute Gasteiger partial charge is 0.185 e. The Morgan fingerprint density at radius 2 is 1.88 bits per heavy atom. The fourth-order valence-electron chi connectivity index (χ4n) is 3.05. The second-order valence-corrected chi connectivity index (χ2v) is 7.26. The molecule has 130 valence electrons. The van der Waals surface area contributed by atoms with E-state index in [1.165, 1.54) is 11.1 Å².